The highest BCUT2D eigenvalue weighted by Crippen LogP contribution is 2.28. The van der Waals surface area contributed by atoms with E-state index in [1.807, 2.05) is 24.3 Å². The minimum Gasteiger partial charge on any atom is -0.497 e. The molecular weight excluding hydrogens is 297 g/mol. The molecule has 0 aromatic heterocycles. The van der Waals surface area contributed by atoms with Gasteiger partial charge in [0.2, 0.25) is 0 Å². The first kappa shape index (κ1) is 15.6. The topological polar surface area (TPSA) is 39.7 Å². The first-order chi connectivity index (χ1) is 11.2. The van der Waals surface area contributed by atoms with Crippen LogP contribution in [-0.4, -0.2) is 20.8 Å². The van der Waals surface area contributed by atoms with E-state index in [1.165, 1.54) is 6.07 Å². The van der Waals surface area contributed by atoms with E-state index in [2.05, 4.69) is 5.32 Å². The molecule has 1 heterocycles. The van der Waals surface area contributed by atoms with Crippen LogP contribution in [0.25, 0.3) is 0 Å². The normalized spacial score (nSPS) is 12.7. The Hall–Kier alpha value is -2.27. The summed E-state index contributed by atoms with van der Waals surface area (Å²) in [5.41, 5.74) is 2.73. The van der Waals surface area contributed by atoms with Crippen molar-refractivity contribution in [2.75, 3.05) is 20.8 Å². The summed E-state index contributed by atoms with van der Waals surface area (Å²) >= 11 is 0. The van der Waals surface area contributed by atoms with Gasteiger partial charge in [0.15, 0.2) is 0 Å². The molecule has 0 amide bonds. The highest BCUT2D eigenvalue weighted by atomic mass is 19.1. The fraction of sp³-hybridized carbons (Fsp3) is 0.333. The van der Waals surface area contributed by atoms with Crippen LogP contribution in [0.4, 0.5) is 4.39 Å². The van der Waals surface area contributed by atoms with Crippen LogP contribution in [0.1, 0.15) is 16.7 Å². The van der Waals surface area contributed by atoms with E-state index in [4.69, 9.17) is 14.2 Å². The van der Waals surface area contributed by atoms with Crippen molar-refractivity contribution in [3.63, 3.8) is 0 Å². The van der Waals surface area contributed by atoms with Crippen LogP contribution in [0.15, 0.2) is 30.3 Å². The molecule has 0 bridgehead atoms. The first-order valence-corrected chi connectivity index (χ1v) is 7.57. The van der Waals surface area contributed by atoms with Crippen LogP contribution >= 0.6 is 0 Å². The second-order valence-corrected chi connectivity index (χ2v) is 5.43. The maximum atomic E-state index is 14.1. The average Bonchev–Trinajstić information content (AvgIpc) is 3.02. The smallest absolute Gasteiger partial charge is 0.131 e. The molecule has 2 aromatic rings. The Bertz CT molecular complexity index is 703. The molecular formula is C18H20FNO3. The summed E-state index contributed by atoms with van der Waals surface area (Å²) < 4.78 is 30.0. The van der Waals surface area contributed by atoms with Crippen LogP contribution in [0.2, 0.25) is 0 Å². The SMILES string of the molecule is COc1ccc(CNCc2cc3c(cc2F)OCC3)c(OC)c1. The van der Waals surface area contributed by atoms with Gasteiger partial charge in [-0.1, -0.05) is 6.07 Å². The van der Waals surface area contributed by atoms with Crippen molar-refractivity contribution >= 4 is 0 Å². The van der Waals surface area contributed by atoms with E-state index in [-0.39, 0.29) is 5.82 Å². The molecule has 0 saturated carbocycles. The molecule has 3 rings (SSSR count). The molecule has 4 nitrogen and oxygen atoms in total. The number of ether oxygens (including phenoxy) is 3. The molecule has 0 radical (unpaired) electrons. The van der Waals surface area contributed by atoms with Crippen molar-refractivity contribution in [2.45, 2.75) is 19.5 Å². The Labute approximate surface area is 135 Å². The zero-order valence-corrected chi connectivity index (χ0v) is 13.3. The molecule has 1 N–H and O–H groups in total. The van der Waals surface area contributed by atoms with E-state index in [9.17, 15) is 4.39 Å². The number of nitrogens with one attached hydrogen (secondary N) is 1. The summed E-state index contributed by atoms with van der Waals surface area (Å²) in [5.74, 6) is 1.93. The molecule has 0 spiro atoms. The van der Waals surface area contributed by atoms with Crippen molar-refractivity contribution in [3.8, 4) is 17.2 Å². The Morgan fingerprint density at radius 2 is 1.91 bits per heavy atom. The summed E-state index contributed by atoms with van der Waals surface area (Å²) in [5, 5.41) is 3.26. The molecule has 0 unspecified atom stereocenters. The number of hydrogen-bond acceptors (Lipinski definition) is 4. The minimum absolute atomic E-state index is 0.236. The van der Waals surface area contributed by atoms with Gasteiger partial charge >= 0.3 is 0 Å². The standard InChI is InChI=1S/C18H20FNO3/c1-21-15-4-3-13(17(8-15)22-2)10-20-11-14-7-12-5-6-23-18(12)9-16(14)19/h3-4,7-9,20H,5-6,10-11H2,1-2H3. The highest BCUT2D eigenvalue weighted by Gasteiger charge is 2.16. The van der Waals surface area contributed by atoms with E-state index in [0.717, 1.165) is 29.0 Å². The van der Waals surface area contributed by atoms with E-state index in [0.29, 0.717) is 31.0 Å². The monoisotopic (exact) mass is 317 g/mol. The summed E-state index contributed by atoms with van der Waals surface area (Å²) in [6, 6.07) is 9.03. The van der Waals surface area contributed by atoms with Gasteiger partial charge in [-0.3, -0.25) is 0 Å². The number of methoxy groups -OCH3 is 2. The highest BCUT2D eigenvalue weighted by molar-refractivity contribution is 5.42. The second-order valence-electron chi connectivity index (χ2n) is 5.43. The lowest BCUT2D eigenvalue weighted by molar-refractivity contribution is 0.355. The molecule has 0 fully saturated rings. The van der Waals surface area contributed by atoms with Crippen LogP contribution in [0, 0.1) is 5.82 Å². The number of halogens is 1. The Kier molecular flexibility index (Phi) is 4.67. The Morgan fingerprint density at radius 3 is 2.70 bits per heavy atom. The largest absolute Gasteiger partial charge is 0.497 e. The van der Waals surface area contributed by atoms with Gasteiger partial charge in [-0.15, -0.1) is 0 Å². The number of fused-ring (bicyclic) bond motifs is 1. The second kappa shape index (κ2) is 6.87. The third-order valence-corrected chi connectivity index (χ3v) is 3.98. The third kappa shape index (κ3) is 3.40. The zero-order valence-electron chi connectivity index (χ0n) is 13.3. The van der Waals surface area contributed by atoms with Gasteiger partial charge in [0, 0.05) is 42.8 Å². The van der Waals surface area contributed by atoms with Gasteiger partial charge in [0.25, 0.3) is 0 Å². The van der Waals surface area contributed by atoms with E-state index < -0.39 is 0 Å². The Balaban J connectivity index is 1.66. The molecule has 1 aliphatic rings. The molecule has 0 saturated heterocycles. The molecule has 23 heavy (non-hydrogen) atoms. The van der Waals surface area contributed by atoms with Crippen LogP contribution in [-0.2, 0) is 19.5 Å². The van der Waals surface area contributed by atoms with Crippen LogP contribution in [0.3, 0.4) is 0 Å². The van der Waals surface area contributed by atoms with Gasteiger partial charge in [-0.25, -0.2) is 4.39 Å². The van der Waals surface area contributed by atoms with E-state index >= 15 is 0 Å². The van der Waals surface area contributed by atoms with E-state index in [1.54, 1.807) is 14.2 Å². The predicted octanol–water partition coefficient (Wildman–Crippen LogP) is 3.07. The predicted molar refractivity (Wildman–Crippen MR) is 85.7 cm³/mol. The van der Waals surface area contributed by atoms with Gasteiger partial charge < -0.3 is 19.5 Å². The molecule has 0 aliphatic carbocycles. The summed E-state index contributed by atoms with van der Waals surface area (Å²) in [6.45, 7) is 1.67. The summed E-state index contributed by atoms with van der Waals surface area (Å²) in [6.07, 6.45) is 0.842. The summed E-state index contributed by atoms with van der Waals surface area (Å²) in [7, 11) is 3.24. The van der Waals surface area contributed by atoms with Gasteiger partial charge in [-0.05, 0) is 17.7 Å². The van der Waals surface area contributed by atoms with Crippen molar-refractivity contribution < 1.29 is 18.6 Å². The Morgan fingerprint density at radius 1 is 1.09 bits per heavy atom. The quantitative estimate of drug-likeness (QED) is 0.889. The molecule has 0 atom stereocenters. The number of hydrogen-bond donors (Lipinski definition) is 1. The van der Waals surface area contributed by atoms with Crippen molar-refractivity contribution in [2.24, 2.45) is 0 Å². The lowest BCUT2D eigenvalue weighted by Gasteiger charge is -2.12. The van der Waals surface area contributed by atoms with Gasteiger partial charge in [-0.2, -0.15) is 0 Å². The number of rotatable bonds is 6. The number of benzene rings is 2. The molecule has 1 aliphatic heterocycles. The molecule has 2 aromatic carbocycles. The molecule has 5 heteroatoms. The zero-order chi connectivity index (χ0) is 16.2. The molecule has 122 valence electrons. The fourth-order valence-electron chi connectivity index (χ4n) is 2.72. The van der Waals surface area contributed by atoms with Gasteiger partial charge in [0.05, 0.1) is 20.8 Å². The van der Waals surface area contributed by atoms with Gasteiger partial charge in [0.1, 0.15) is 23.1 Å². The summed E-state index contributed by atoms with van der Waals surface area (Å²) in [4.78, 5) is 0. The first-order valence-electron chi connectivity index (χ1n) is 7.57. The van der Waals surface area contributed by atoms with Crippen LogP contribution < -0.4 is 19.5 Å². The van der Waals surface area contributed by atoms with Crippen LogP contribution in [0.5, 0.6) is 17.2 Å². The van der Waals surface area contributed by atoms with Crippen molar-refractivity contribution in [3.05, 3.63) is 52.8 Å². The lowest BCUT2D eigenvalue weighted by atomic mass is 10.1. The van der Waals surface area contributed by atoms with Crippen molar-refractivity contribution in [1.29, 1.82) is 0 Å². The minimum atomic E-state index is -0.236. The fourth-order valence-corrected chi connectivity index (χ4v) is 2.72. The lowest BCUT2D eigenvalue weighted by Crippen LogP contribution is -2.14. The maximum absolute atomic E-state index is 14.1. The maximum Gasteiger partial charge on any atom is 0.131 e. The average molecular weight is 317 g/mol. The third-order valence-electron chi connectivity index (χ3n) is 3.98. The van der Waals surface area contributed by atoms with Crippen molar-refractivity contribution in [1.82, 2.24) is 5.32 Å².